The van der Waals surface area contributed by atoms with Gasteiger partial charge in [0.25, 0.3) is 10.0 Å². The molecule has 0 saturated carbocycles. The molecule has 1 atom stereocenters. The number of anilines is 1. The maximum absolute atomic E-state index is 13.9. The summed E-state index contributed by atoms with van der Waals surface area (Å²) in [6.07, 6.45) is 1.73. The van der Waals surface area contributed by atoms with Gasteiger partial charge in [-0.25, -0.2) is 8.42 Å². The second kappa shape index (κ2) is 15.1. The third-order valence-electron chi connectivity index (χ3n) is 6.55. The smallest absolute Gasteiger partial charge is 0.264 e. The first kappa shape index (κ1) is 31.5. The summed E-state index contributed by atoms with van der Waals surface area (Å²) in [6, 6.07) is 20.9. The molecule has 0 fully saturated rings. The number of hydrogen-bond acceptors (Lipinski definition) is 6. The molecule has 0 bridgehead atoms. The van der Waals surface area contributed by atoms with Crippen molar-refractivity contribution in [2.24, 2.45) is 0 Å². The molecule has 3 aromatic carbocycles. The van der Waals surface area contributed by atoms with E-state index in [1.165, 1.54) is 17.0 Å². The van der Waals surface area contributed by atoms with Crippen LogP contribution in [0.25, 0.3) is 0 Å². The molecule has 1 unspecified atom stereocenters. The lowest BCUT2D eigenvalue weighted by Crippen LogP contribution is -2.51. The van der Waals surface area contributed by atoms with Crippen LogP contribution in [0.15, 0.2) is 83.8 Å². The Morgan fingerprint density at radius 2 is 1.54 bits per heavy atom. The number of hydrogen-bond donors (Lipinski definition) is 1. The van der Waals surface area contributed by atoms with Gasteiger partial charge in [-0.15, -0.1) is 0 Å². The average Bonchev–Trinajstić information content (AvgIpc) is 2.99. The van der Waals surface area contributed by atoms with E-state index >= 15 is 0 Å². The van der Waals surface area contributed by atoms with Gasteiger partial charge in [0.1, 0.15) is 24.1 Å². The van der Waals surface area contributed by atoms with E-state index < -0.39 is 28.5 Å². The minimum absolute atomic E-state index is 0.0182. The Balaban J connectivity index is 1.96. The topological polar surface area (TPSA) is 105 Å². The zero-order valence-corrected chi connectivity index (χ0v) is 24.9. The van der Waals surface area contributed by atoms with Crippen molar-refractivity contribution in [3.8, 4) is 11.5 Å². The first-order valence-corrected chi connectivity index (χ1v) is 15.2. The summed E-state index contributed by atoms with van der Waals surface area (Å²) in [7, 11) is -2.58. The number of benzene rings is 3. The van der Waals surface area contributed by atoms with Crippen LogP contribution in [0.4, 0.5) is 5.69 Å². The first-order chi connectivity index (χ1) is 19.7. The molecule has 3 rings (SSSR count). The van der Waals surface area contributed by atoms with Crippen LogP contribution in [0, 0.1) is 0 Å². The van der Waals surface area contributed by atoms with E-state index in [0.717, 1.165) is 22.7 Å². The number of nitrogens with zero attached hydrogens (tertiary/aromatic N) is 2. The summed E-state index contributed by atoms with van der Waals surface area (Å²) in [4.78, 5) is 28.4. The van der Waals surface area contributed by atoms with Gasteiger partial charge in [-0.05, 0) is 74.4 Å². The van der Waals surface area contributed by atoms with Gasteiger partial charge in [-0.3, -0.25) is 13.9 Å². The number of methoxy groups -OCH3 is 1. The normalized spacial score (nSPS) is 11.8. The van der Waals surface area contributed by atoms with Crippen LogP contribution in [0.5, 0.6) is 11.5 Å². The molecule has 1 N–H and O–H groups in total. The molecule has 2 amide bonds. The fourth-order valence-corrected chi connectivity index (χ4v) is 5.59. The monoisotopic (exact) mass is 581 g/mol. The van der Waals surface area contributed by atoms with Gasteiger partial charge >= 0.3 is 0 Å². The quantitative estimate of drug-likeness (QED) is 0.263. The Morgan fingerprint density at radius 1 is 0.902 bits per heavy atom. The van der Waals surface area contributed by atoms with Crippen LogP contribution < -0.4 is 19.1 Å². The van der Waals surface area contributed by atoms with Crippen LogP contribution in [0.2, 0.25) is 0 Å². The van der Waals surface area contributed by atoms with Crippen molar-refractivity contribution >= 4 is 27.5 Å². The largest absolute Gasteiger partial charge is 0.497 e. The highest BCUT2D eigenvalue weighted by molar-refractivity contribution is 7.92. The van der Waals surface area contributed by atoms with E-state index in [2.05, 4.69) is 5.32 Å². The molecule has 0 aliphatic carbocycles. The van der Waals surface area contributed by atoms with Gasteiger partial charge in [-0.2, -0.15) is 0 Å². The molecule has 41 heavy (non-hydrogen) atoms. The van der Waals surface area contributed by atoms with Crippen molar-refractivity contribution in [1.82, 2.24) is 10.2 Å². The maximum Gasteiger partial charge on any atom is 0.264 e. The number of rotatable bonds is 15. The number of nitrogens with one attached hydrogen (secondary N) is 1. The Labute approximate surface area is 243 Å². The molecule has 0 saturated heterocycles. The van der Waals surface area contributed by atoms with Crippen molar-refractivity contribution in [2.45, 2.75) is 51.1 Å². The molecule has 10 heteroatoms. The van der Waals surface area contributed by atoms with Gasteiger partial charge in [-0.1, -0.05) is 43.7 Å². The Morgan fingerprint density at radius 3 is 2.12 bits per heavy atom. The minimum atomic E-state index is -4.15. The molecule has 0 spiro atoms. The number of amides is 2. The second-order valence-corrected chi connectivity index (χ2v) is 11.3. The van der Waals surface area contributed by atoms with Gasteiger partial charge in [0.05, 0.1) is 24.3 Å². The first-order valence-electron chi connectivity index (χ1n) is 13.7. The number of carbonyl (C=O) groups is 2. The summed E-state index contributed by atoms with van der Waals surface area (Å²) >= 11 is 0. The van der Waals surface area contributed by atoms with Crippen molar-refractivity contribution in [3.63, 3.8) is 0 Å². The van der Waals surface area contributed by atoms with E-state index in [9.17, 15) is 18.0 Å². The summed E-state index contributed by atoms with van der Waals surface area (Å²) < 4.78 is 39.5. The Bertz CT molecular complexity index is 1360. The van der Waals surface area contributed by atoms with Crippen molar-refractivity contribution in [2.75, 3.05) is 31.1 Å². The molecule has 0 heterocycles. The molecule has 0 aromatic heterocycles. The number of sulfonamides is 1. The molecule has 0 aliphatic heterocycles. The van der Waals surface area contributed by atoms with Crippen LogP contribution in [0.1, 0.15) is 39.2 Å². The zero-order valence-electron chi connectivity index (χ0n) is 24.1. The van der Waals surface area contributed by atoms with Crippen molar-refractivity contribution in [3.05, 3.63) is 84.4 Å². The van der Waals surface area contributed by atoms with Gasteiger partial charge in [0.2, 0.25) is 11.8 Å². The SMILES string of the molecule is CCCCNC(=O)C(C)N(Cc1ccc(OC)cc1)C(=O)CN(c1ccccc1)S(=O)(=O)c1ccc(OCC)cc1. The summed E-state index contributed by atoms with van der Waals surface area (Å²) in [5.41, 5.74) is 1.10. The summed E-state index contributed by atoms with van der Waals surface area (Å²) in [6.45, 7) is 6.07. The number of para-hydroxylation sites is 1. The predicted octanol–water partition coefficient (Wildman–Crippen LogP) is 4.62. The summed E-state index contributed by atoms with van der Waals surface area (Å²) in [5, 5.41) is 2.88. The molecular weight excluding hydrogens is 542 g/mol. The highest BCUT2D eigenvalue weighted by Gasteiger charge is 2.32. The lowest BCUT2D eigenvalue weighted by Gasteiger charge is -2.32. The lowest BCUT2D eigenvalue weighted by atomic mass is 10.1. The third kappa shape index (κ3) is 8.47. The minimum Gasteiger partial charge on any atom is -0.497 e. The molecular formula is C31H39N3O6S. The van der Waals surface area contributed by atoms with Crippen LogP contribution in [-0.4, -0.2) is 58.0 Å². The predicted molar refractivity (Wildman–Crippen MR) is 160 cm³/mol. The van der Waals surface area contributed by atoms with E-state index in [-0.39, 0.29) is 17.3 Å². The Hall–Kier alpha value is -4.05. The van der Waals surface area contributed by atoms with Crippen LogP contribution >= 0.6 is 0 Å². The fourth-order valence-electron chi connectivity index (χ4n) is 4.17. The Kier molecular flexibility index (Phi) is 11.6. The molecule has 0 radical (unpaired) electrons. The van der Waals surface area contributed by atoms with Crippen LogP contribution in [-0.2, 0) is 26.2 Å². The molecule has 0 aliphatic rings. The van der Waals surface area contributed by atoms with Crippen molar-refractivity contribution < 1.29 is 27.5 Å². The summed E-state index contributed by atoms with van der Waals surface area (Å²) in [5.74, 6) is 0.384. The molecule has 220 valence electrons. The van der Waals surface area contributed by atoms with E-state index in [1.807, 2.05) is 26.0 Å². The molecule has 3 aromatic rings. The lowest BCUT2D eigenvalue weighted by molar-refractivity contribution is -0.139. The second-order valence-electron chi connectivity index (χ2n) is 9.44. The maximum atomic E-state index is 13.9. The highest BCUT2D eigenvalue weighted by Crippen LogP contribution is 2.26. The zero-order chi connectivity index (χ0) is 29.8. The van der Waals surface area contributed by atoms with Gasteiger partial charge in [0.15, 0.2) is 0 Å². The number of carbonyl (C=O) groups excluding carboxylic acids is 2. The van der Waals surface area contributed by atoms with Gasteiger partial charge in [0, 0.05) is 13.1 Å². The molecule has 9 nitrogen and oxygen atoms in total. The average molecular weight is 582 g/mol. The van der Waals surface area contributed by atoms with E-state index in [0.29, 0.717) is 30.3 Å². The van der Waals surface area contributed by atoms with Gasteiger partial charge < -0.3 is 19.7 Å². The van der Waals surface area contributed by atoms with Crippen molar-refractivity contribution in [1.29, 1.82) is 0 Å². The van der Waals surface area contributed by atoms with E-state index in [1.54, 1.807) is 68.6 Å². The number of ether oxygens (including phenoxy) is 2. The highest BCUT2D eigenvalue weighted by atomic mass is 32.2. The third-order valence-corrected chi connectivity index (χ3v) is 8.34. The number of unbranched alkanes of at least 4 members (excludes halogenated alkanes) is 1. The van der Waals surface area contributed by atoms with Crippen LogP contribution in [0.3, 0.4) is 0 Å². The standard InChI is InChI=1S/C31H39N3O6S/c1-5-7-21-32-31(36)24(3)33(22-25-13-15-27(39-4)16-14-25)30(35)23-34(26-11-9-8-10-12-26)41(37,38)29-19-17-28(18-20-29)40-6-2/h8-20,24H,5-7,21-23H2,1-4H3,(H,32,36). The van der Waals surface area contributed by atoms with E-state index in [4.69, 9.17) is 9.47 Å². The fraction of sp³-hybridized carbons (Fsp3) is 0.355.